The second-order valence-electron chi connectivity index (χ2n) is 4.73. The van der Waals surface area contributed by atoms with E-state index < -0.39 is 17.5 Å². The highest BCUT2D eigenvalue weighted by molar-refractivity contribution is 5.85. The van der Waals surface area contributed by atoms with E-state index in [0.29, 0.717) is 17.7 Å². The van der Waals surface area contributed by atoms with Gasteiger partial charge in [0, 0.05) is 12.5 Å². The minimum Gasteiger partial charge on any atom is -0.494 e. The number of halogens is 3. The predicted octanol–water partition coefficient (Wildman–Crippen LogP) is 4.85. The van der Waals surface area contributed by atoms with Crippen LogP contribution in [0.3, 0.4) is 0 Å². The molecule has 0 saturated carbocycles. The van der Waals surface area contributed by atoms with Crippen molar-refractivity contribution in [3.05, 3.63) is 41.7 Å². The lowest BCUT2D eigenvalue weighted by Gasteiger charge is -2.16. The van der Waals surface area contributed by atoms with Crippen molar-refractivity contribution in [2.75, 3.05) is 13.7 Å². The van der Waals surface area contributed by atoms with Crippen molar-refractivity contribution in [3.63, 3.8) is 0 Å². The molecule has 0 amide bonds. The van der Waals surface area contributed by atoms with Crippen LogP contribution in [0.15, 0.2) is 30.3 Å². The Kier molecular flexibility index (Phi) is 4.73. The van der Waals surface area contributed by atoms with Gasteiger partial charge in [-0.2, -0.15) is 8.78 Å². The Morgan fingerprint density at radius 3 is 2.57 bits per heavy atom. The molecule has 0 aliphatic carbocycles. The van der Waals surface area contributed by atoms with E-state index in [1.54, 1.807) is 12.1 Å². The summed E-state index contributed by atoms with van der Waals surface area (Å²) in [4.78, 5) is 0. The lowest BCUT2D eigenvalue weighted by atomic mass is 10.0. The van der Waals surface area contributed by atoms with Crippen LogP contribution in [-0.2, 0) is 10.8 Å². The number of hydrogen-bond acceptors (Lipinski definition) is 2. The molecule has 2 aromatic rings. The van der Waals surface area contributed by atoms with Crippen LogP contribution >= 0.6 is 0 Å². The van der Waals surface area contributed by atoms with Crippen LogP contribution in [0.4, 0.5) is 13.2 Å². The lowest BCUT2D eigenvalue weighted by molar-refractivity contribution is -0.233. The Morgan fingerprint density at radius 2 is 1.90 bits per heavy atom. The zero-order chi connectivity index (χ0) is 15.5. The van der Waals surface area contributed by atoms with Gasteiger partial charge in [0.15, 0.2) is 0 Å². The van der Waals surface area contributed by atoms with Gasteiger partial charge >= 0.3 is 6.11 Å². The molecule has 0 spiro atoms. The van der Waals surface area contributed by atoms with Crippen LogP contribution in [0.5, 0.6) is 5.75 Å². The Labute approximate surface area is 121 Å². The molecular formula is C16H17F3O2. The van der Waals surface area contributed by atoms with Gasteiger partial charge in [-0.1, -0.05) is 19.4 Å². The monoisotopic (exact) mass is 298 g/mol. The highest BCUT2D eigenvalue weighted by atomic mass is 19.3. The third-order valence-electron chi connectivity index (χ3n) is 3.26. The van der Waals surface area contributed by atoms with E-state index >= 15 is 0 Å². The Balaban J connectivity index is 2.37. The first-order valence-corrected chi connectivity index (χ1v) is 6.78. The number of methoxy groups -OCH3 is 1. The zero-order valence-corrected chi connectivity index (χ0v) is 12.0. The second-order valence-corrected chi connectivity index (χ2v) is 4.73. The number of fused-ring (bicyclic) bond motifs is 1. The van der Waals surface area contributed by atoms with E-state index in [4.69, 9.17) is 4.74 Å². The lowest BCUT2D eigenvalue weighted by Crippen LogP contribution is -2.17. The van der Waals surface area contributed by atoms with Gasteiger partial charge in [-0.15, -0.1) is 0 Å². The summed E-state index contributed by atoms with van der Waals surface area (Å²) in [6.45, 7) is 2.63. The normalized spacial score (nSPS) is 11.9. The van der Waals surface area contributed by atoms with Crippen molar-refractivity contribution in [2.24, 2.45) is 0 Å². The van der Waals surface area contributed by atoms with E-state index in [9.17, 15) is 13.2 Å². The number of rotatable bonds is 6. The minimum absolute atomic E-state index is 0.118. The number of alkyl halides is 2. The predicted molar refractivity (Wildman–Crippen MR) is 75.2 cm³/mol. The Hall–Kier alpha value is -1.75. The van der Waals surface area contributed by atoms with Crippen molar-refractivity contribution >= 4 is 10.8 Å². The third-order valence-corrected chi connectivity index (χ3v) is 3.26. The molecule has 0 saturated heterocycles. The summed E-state index contributed by atoms with van der Waals surface area (Å²) < 4.78 is 50.7. The number of unbranched alkanes of at least 4 members (excludes halogenated alkanes) is 1. The fourth-order valence-electron chi connectivity index (χ4n) is 2.03. The van der Waals surface area contributed by atoms with Crippen molar-refractivity contribution < 1.29 is 22.6 Å². The van der Waals surface area contributed by atoms with Gasteiger partial charge in [0.1, 0.15) is 11.6 Å². The van der Waals surface area contributed by atoms with Crippen LogP contribution in [0.25, 0.3) is 10.8 Å². The van der Waals surface area contributed by atoms with Crippen molar-refractivity contribution in [2.45, 2.75) is 25.9 Å². The molecule has 0 N–H and O–H groups in total. The van der Waals surface area contributed by atoms with Crippen LogP contribution in [0.2, 0.25) is 0 Å². The molecule has 0 aliphatic heterocycles. The van der Waals surface area contributed by atoms with Gasteiger partial charge in [0.2, 0.25) is 0 Å². The molecule has 114 valence electrons. The van der Waals surface area contributed by atoms with Gasteiger partial charge in [-0.25, -0.2) is 4.39 Å². The molecule has 5 heteroatoms. The van der Waals surface area contributed by atoms with Crippen molar-refractivity contribution in [1.29, 1.82) is 0 Å². The summed E-state index contributed by atoms with van der Waals surface area (Å²) in [7, 11) is 0.842. The third kappa shape index (κ3) is 3.29. The van der Waals surface area contributed by atoms with Gasteiger partial charge in [0.05, 0.1) is 12.2 Å². The van der Waals surface area contributed by atoms with E-state index in [2.05, 4.69) is 11.7 Å². The maximum Gasteiger partial charge on any atom is 0.385 e. The largest absolute Gasteiger partial charge is 0.494 e. The summed E-state index contributed by atoms with van der Waals surface area (Å²) in [6.07, 6.45) is -1.71. The van der Waals surface area contributed by atoms with Gasteiger partial charge in [0.25, 0.3) is 0 Å². The average molecular weight is 298 g/mol. The standard InChI is InChI=1S/C16H17F3O2/c1-3-4-9-21-12-6-7-13-11(10-12)5-8-14(15(13)17)16(18,19)20-2/h5-8,10H,3-4,9H2,1-2H3. The molecular weight excluding hydrogens is 281 g/mol. The Morgan fingerprint density at radius 1 is 1.14 bits per heavy atom. The van der Waals surface area contributed by atoms with E-state index in [1.165, 1.54) is 12.1 Å². The number of ether oxygens (including phenoxy) is 2. The van der Waals surface area contributed by atoms with E-state index in [0.717, 1.165) is 26.0 Å². The van der Waals surface area contributed by atoms with E-state index in [-0.39, 0.29) is 5.39 Å². The summed E-state index contributed by atoms with van der Waals surface area (Å²) >= 11 is 0. The molecule has 0 fully saturated rings. The van der Waals surface area contributed by atoms with Crippen LogP contribution < -0.4 is 4.74 Å². The van der Waals surface area contributed by atoms with Crippen LogP contribution in [0, 0.1) is 5.82 Å². The number of benzene rings is 2. The smallest absolute Gasteiger partial charge is 0.385 e. The van der Waals surface area contributed by atoms with Gasteiger partial charge in [-0.3, -0.25) is 0 Å². The highest BCUT2D eigenvalue weighted by Gasteiger charge is 2.35. The summed E-state index contributed by atoms with van der Waals surface area (Å²) in [5.74, 6) is -0.374. The molecule has 0 heterocycles. The fraction of sp³-hybridized carbons (Fsp3) is 0.375. The highest BCUT2D eigenvalue weighted by Crippen LogP contribution is 2.34. The average Bonchev–Trinajstić information content (AvgIpc) is 2.47. The maximum atomic E-state index is 14.2. The minimum atomic E-state index is -3.64. The first kappa shape index (κ1) is 15.6. The van der Waals surface area contributed by atoms with Gasteiger partial charge < -0.3 is 9.47 Å². The van der Waals surface area contributed by atoms with Crippen LogP contribution in [-0.4, -0.2) is 13.7 Å². The molecule has 2 rings (SSSR count). The van der Waals surface area contributed by atoms with Crippen molar-refractivity contribution in [1.82, 2.24) is 0 Å². The first-order valence-electron chi connectivity index (χ1n) is 6.78. The molecule has 0 unspecified atom stereocenters. The first-order chi connectivity index (χ1) is 9.99. The fourth-order valence-corrected chi connectivity index (χ4v) is 2.03. The molecule has 0 radical (unpaired) electrons. The summed E-state index contributed by atoms with van der Waals surface area (Å²) in [5.41, 5.74) is -0.767. The quantitative estimate of drug-likeness (QED) is 0.709. The molecule has 21 heavy (non-hydrogen) atoms. The summed E-state index contributed by atoms with van der Waals surface area (Å²) in [5, 5.41) is 0.629. The number of hydrogen-bond donors (Lipinski definition) is 0. The Bertz CT molecular complexity index is 626. The topological polar surface area (TPSA) is 18.5 Å². The maximum absolute atomic E-state index is 14.2. The van der Waals surface area contributed by atoms with Crippen molar-refractivity contribution in [3.8, 4) is 5.75 Å². The summed E-state index contributed by atoms with van der Waals surface area (Å²) in [6, 6.07) is 7.14. The SMILES string of the molecule is CCCCOc1ccc2c(F)c(C(F)(F)OC)ccc2c1. The molecule has 0 aliphatic rings. The second kappa shape index (κ2) is 6.35. The molecule has 0 atom stereocenters. The molecule has 2 nitrogen and oxygen atoms in total. The molecule has 0 bridgehead atoms. The van der Waals surface area contributed by atoms with Gasteiger partial charge in [-0.05, 0) is 36.1 Å². The van der Waals surface area contributed by atoms with E-state index in [1.807, 2.05) is 0 Å². The van der Waals surface area contributed by atoms with Crippen LogP contribution in [0.1, 0.15) is 25.3 Å². The molecule has 2 aromatic carbocycles. The zero-order valence-electron chi connectivity index (χ0n) is 12.0. The molecule has 0 aromatic heterocycles.